The standard InChI is InChI=1S/C21H28N4O/c22-18-8-5-7-17(14-18)20(15-25-12-3-4-13-25)24-21(26)11-10-16-6-1-2-9-19(16)23/h1-2,5-9,14,20H,3-4,10-13,15,22-23H2,(H,24,26)/t20-/m1/s1. The van der Waals surface area contributed by atoms with Crippen LogP contribution in [0.15, 0.2) is 48.5 Å². The first kappa shape index (κ1) is 18.3. The van der Waals surface area contributed by atoms with Crippen molar-refractivity contribution in [2.24, 2.45) is 0 Å². The predicted molar refractivity (Wildman–Crippen MR) is 107 cm³/mol. The van der Waals surface area contributed by atoms with Crippen molar-refractivity contribution in [1.82, 2.24) is 10.2 Å². The van der Waals surface area contributed by atoms with E-state index in [9.17, 15) is 4.79 Å². The van der Waals surface area contributed by atoms with E-state index in [1.165, 1.54) is 12.8 Å². The number of nitrogens with one attached hydrogen (secondary N) is 1. The molecule has 1 atom stereocenters. The number of para-hydroxylation sites is 1. The van der Waals surface area contributed by atoms with Gasteiger partial charge >= 0.3 is 0 Å². The van der Waals surface area contributed by atoms with Crippen LogP contribution in [-0.4, -0.2) is 30.4 Å². The molecule has 0 unspecified atom stereocenters. The fourth-order valence-electron chi connectivity index (χ4n) is 3.51. The van der Waals surface area contributed by atoms with Crippen LogP contribution in [0.1, 0.15) is 36.4 Å². The molecule has 0 spiro atoms. The smallest absolute Gasteiger partial charge is 0.220 e. The lowest BCUT2D eigenvalue weighted by Crippen LogP contribution is -2.37. The summed E-state index contributed by atoms with van der Waals surface area (Å²) in [5, 5.41) is 3.20. The van der Waals surface area contributed by atoms with Crippen LogP contribution in [-0.2, 0) is 11.2 Å². The number of hydrogen-bond acceptors (Lipinski definition) is 4. The number of benzene rings is 2. The molecular formula is C21H28N4O. The Hall–Kier alpha value is -2.53. The van der Waals surface area contributed by atoms with E-state index >= 15 is 0 Å². The fraction of sp³-hybridized carbons (Fsp3) is 0.381. The molecule has 5 heteroatoms. The maximum Gasteiger partial charge on any atom is 0.220 e. The molecule has 3 rings (SSSR count). The fourth-order valence-corrected chi connectivity index (χ4v) is 3.51. The van der Waals surface area contributed by atoms with E-state index in [0.29, 0.717) is 12.8 Å². The second kappa shape index (κ2) is 8.72. The highest BCUT2D eigenvalue weighted by atomic mass is 16.1. The minimum atomic E-state index is -0.0442. The van der Waals surface area contributed by atoms with Gasteiger partial charge in [-0.1, -0.05) is 30.3 Å². The first-order valence-corrected chi connectivity index (χ1v) is 9.32. The number of likely N-dealkylation sites (tertiary alicyclic amines) is 1. The molecule has 5 N–H and O–H groups in total. The summed E-state index contributed by atoms with van der Waals surface area (Å²) in [7, 11) is 0. The van der Waals surface area contributed by atoms with E-state index in [-0.39, 0.29) is 11.9 Å². The first-order valence-electron chi connectivity index (χ1n) is 9.32. The Balaban J connectivity index is 1.64. The Kier molecular flexibility index (Phi) is 6.12. The van der Waals surface area contributed by atoms with E-state index in [1.807, 2.05) is 48.5 Å². The van der Waals surface area contributed by atoms with Crippen molar-refractivity contribution in [1.29, 1.82) is 0 Å². The number of nitrogens with two attached hydrogens (primary N) is 2. The molecule has 1 aliphatic heterocycles. The summed E-state index contributed by atoms with van der Waals surface area (Å²) in [5.41, 5.74) is 15.5. The lowest BCUT2D eigenvalue weighted by Gasteiger charge is -2.25. The normalized spacial score (nSPS) is 15.7. The molecule has 1 heterocycles. The van der Waals surface area contributed by atoms with E-state index in [2.05, 4.69) is 10.2 Å². The number of nitrogen functional groups attached to an aromatic ring is 2. The van der Waals surface area contributed by atoms with Gasteiger partial charge in [0.1, 0.15) is 0 Å². The molecule has 138 valence electrons. The zero-order chi connectivity index (χ0) is 18.4. The average molecular weight is 352 g/mol. The Morgan fingerprint density at radius 3 is 2.58 bits per heavy atom. The zero-order valence-corrected chi connectivity index (χ0v) is 15.2. The summed E-state index contributed by atoms with van der Waals surface area (Å²) < 4.78 is 0. The number of amides is 1. The number of carbonyl (C=O) groups is 1. The largest absolute Gasteiger partial charge is 0.399 e. The number of hydrogen-bond donors (Lipinski definition) is 3. The minimum Gasteiger partial charge on any atom is -0.399 e. The Morgan fingerprint density at radius 2 is 1.85 bits per heavy atom. The van der Waals surface area contributed by atoms with Crippen LogP contribution in [0.5, 0.6) is 0 Å². The highest BCUT2D eigenvalue weighted by molar-refractivity contribution is 5.77. The minimum absolute atomic E-state index is 0.0416. The van der Waals surface area contributed by atoms with Gasteiger partial charge in [-0.25, -0.2) is 0 Å². The van der Waals surface area contributed by atoms with Crippen LogP contribution >= 0.6 is 0 Å². The van der Waals surface area contributed by atoms with Gasteiger partial charge in [-0.2, -0.15) is 0 Å². The van der Waals surface area contributed by atoms with E-state index < -0.39 is 0 Å². The van der Waals surface area contributed by atoms with Gasteiger partial charge in [-0.05, 0) is 61.7 Å². The quantitative estimate of drug-likeness (QED) is 0.669. The first-order chi connectivity index (χ1) is 12.6. The number of aryl methyl sites for hydroxylation is 1. The molecule has 0 radical (unpaired) electrons. The van der Waals surface area contributed by atoms with Gasteiger partial charge < -0.3 is 21.7 Å². The Bertz CT molecular complexity index is 740. The van der Waals surface area contributed by atoms with Crippen LogP contribution in [0, 0.1) is 0 Å². The summed E-state index contributed by atoms with van der Waals surface area (Å²) in [5.74, 6) is 0.0416. The van der Waals surface area contributed by atoms with E-state index in [1.54, 1.807) is 0 Å². The maximum atomic E-state index is 12.6. The lowest BCUT2D eigenvalue weighted by molar-refractivity contribution is -0.121. The summed E-state index contributed by atoms with van der Waals surface area (Å²) >= 11 is 0. The second-order valence-electron chi connectivity index (χ2n) is 7.00. The summed E-state index contributed by atoms with van der Waals surface area (Å²) in [4.78, 5) is 15.0. The third-order valence-electron chi connectivity index (χ3n) is 4.96. The molecule has 0 aliphatic carbocycles. The van der Waals surface area contributed by atoms with Crippen LogP contribution in [0.2, 0.25) is 0 Å². The number of nitrogens with zero attached hydrogens (tertiary/aromatic N) is 1. The molecule has 2 aromatic rings. The number of anilines is 2. The maximum absolute atomic E-state index is 12.6. The van der Waals surface area contributed by atoms with Gasteiger partial charge in [0, 0.05) is 24.3 Å². The van der Waals surface area contributed by atoms with Gasteiger partial charge in [-0.15, -0.1) is 0 Å². The molecule has 1 fully saturated rings. The average Bonchev–Trinajstić information content (AvgIpc) is 3.14. The topological polar surface area (TPSA) is 84.4 Å². The van der Waals surface area contributed by atoms with E-state index in [4.69, 9.17) is 11.5 Å². The highest BCUT2D eigenvalue weighted by Crippen LogP contribution is 2.20. The van der Waals surface area contributed by atoms with Crippen LogP contribution in [0.3, 0.4) is 0 Å². The Morgan fingerprint density at radius 1 is 1.08 bits per heavy atom. The second-order valence-corrected chi connectivity index (χ2v) is 7.00. The highest BCUT2D eigenvalue weighted by Gasteiger charge is 2.21. The molecule has 1 aliphatic rings. The summed E-state index contributed by atoms with van der Waals surface area (Å²) in [6.07, 6.45) is 3.52. The van der Waals surface area contributed by atoms with Crippen LogP contribution in [0.25, 0.3) is 0 Å². The molecular weight excluding hydrogens is 324 g/mol. The Labute approximate surface area is 155 Å². The summed E-state index contributed by atoms with van der Waals surface area (Å²) in [6.45, 7) is 3.01. The van der Waals surface area contributed by atoms with Gasteiger partial charge in [-0.3, -0.25) is 4.79 Å². The summed E-state index contributed by atoms with van der Waals surface area (Å²) in [6, 6.07) is 15.5. The predicted octanol–water partition coefficient (Wildman–Crippen LogP) is 2.74. The molecule has 2 aromatic carbocycles. The molecule has 1 saturated heterocycles. The van der Waals surface area contributed by atoms with Gasteiger partial charge in [0.2, 0.25) is 5.91 Å². The zero-order valence-electron chi connectivity index (χ0n) is 15.2. The van der Waals surface area contributed by atoms with Gasteiger partial charge in [0.05, 0.1) is 6.04 Å². The molecule has 0 saturated carbocycles. The number of rotatable bonds is 7. The monoisotopic (exact) mass is 352 g/mol. The van der Waals surface area contributed by atoms with Crippen molar-refractivity contribution < 1.29 is 4.79 Å². The van der Waals surface area contributed by atoms with E-state index in [0.717, 1.165) is 42.1 Å². The third-order valence-corrected chi connectivity index (χ3v) is 4.96. The SMILES string of the molecule is Nc1cccc([C@@H](CN2CCCC2)NC(=O)CCc2ccccc2N)c1. The van der Waals surface area contributed by atoms with Gasteiger partial charge in [0.25, 0.3) is 0 Å². The van der Waals surface area contributed by atoms with Crippen molar-refractivity contribution in [3.05, 3.63) is 59.7 Å². The molecule has 5 nitrogen and oxygen atoms in total. The van der Waals surface area contributed by atoms with Crippen LogP contribution < -0.4 is 16.8 Å². The third kappa shape index (κ3) is 4.99. The molecule has 1 amide bonds. The molecule has 0 bridgehead atoms. The number of carbonyl (C=O) groups excluding carboxylic acids is 1. The molecule has 26 heavy (non-hydrogen) atoms. The van der Waals surface area contributed by atoms with Crippen molar-refractivity contribution >= 4 is 17.3 Å². The van der Waals surface area contributed by atoms with Gasteiger partial charge in [0.15, 0.2) is 0 Å². The van der Waals surface area contributed by atoms with Crippen molar-refractivity contribution in [3.63, 3.8) is 0 Å². The molecule has 0 aromatic heterocycles. The van der Waals surface area contributed by atoms with Crippen molar-refractivity contribution in [3.8, 4) is 0 Å². The van der Waals surface area contributed by atoms with Crippen molar-refractivity contribution in [2.45, 2.75) is 31.7 Å². The van der Waals surface area contributed by atoms with Crippen LogP contribution in [0.4, 0.5) is 11.4 Å². The lowest BCUT2D eigenvalue weighted by atomic mass is 10.0. The van der Waals surface area contributed by atoms with Crippen molar-refractivity contribution in [2.75, 3.05) is 31.1 Å².